The van der Waals surface area contributed by atoms with Gasteiger partial charge in [-0.05, 0) is 29.7 Å². The van der Waals surface area contributed by atoms with Crippen molar-refractivity contribution in [3.8, 4) is 6.07 Å². The first kappa shape index (κ1) is 10.7. The molecule has 0 saturated carbocycles. The Morgan fingerprint density at radius 2 is 2.31 bits per heavy atom. The van der Waals surface area contributed by atoms with Crippen molar-refractivity contribution in [1.29, 1.82) is 5.26 Å². The largest absolute Gasteiger partial charge is 0.351 e. The molecule has 1 aromatic carbocycles. The van der Waals surface area contributed by atoms with Crippen molar-refractivity contribution >= 4 is 27.3 Å². The molecule has 2 rings (SSSR count). The van der Waals surface area contributed by atoms with Gasteiger partial charge in [-0.15, -0.1) is 11.3 Å². The minimum Gasteiger partial charge on any atom is -0.351 e. The van der Waals surface area contributed by atoms with Crippen LogP contribution in [-0.2, 0) is 11.3 Å². The van der Waals surface area contributed by atoms with Crippen molar-refractivity contribution in [3.05, 3.63) is 34.7 Å². The zero-order chi connectivity index (χ0) is 11.5. The second kappa shape index (κ2) is 4.33. The van der Waals surface area contributed by atoms with E-state index in [0.29, 0.717) is 12.1 Å². The first-order valence-electron chi connectivity index (χ1n) is 4.86. The molecule has 0 unspecified atom stereocenters. The fourth-order valence-electron chi connectivity index (χ4n) is 1.47. The van der Waals surface area contributed by atoms with Gasteiger partial charge in [0.25, 0.3) is 0 Å². The Morgan fingerprint density at radius 1 is 1.50 bits per heavy atom. The highest BCUT2D eigenvalue weighted by atomic mass is 32.1. The lowest BCUT2D eigenvalue weighted by atomic mass is 10.2. The Kier molecular flexibility index (Phi) is 2.88. The molecule has 1 heterocycles. The average molecular weight is 230 g/mol. The van der Waals surface area contributed by atoms with Crippen molar-refractivity contribution < 1.29 is 4.79 Å². The average Bonchev–Trinajstić information content (AvgIpc) is 2.67. The minimum absolute atomic E-state index is 0.0322. The van der Waals surface area contributed by atoms with E-state index in [1.807, 2.05) is 18.2 Å². The summed E-state index contributed by atoms with van der Waals surface area (Å²) in [7, 11) is 0. The minimum atomic E-state index is -0.0322. The van der Waals surface area contributed by atoms with Crippen LogP contribution in [-0.4, -0.2) is 5.91 Å². The summed E-state index contributed by atoms with van der Waals surface area (Å²) in [6.45, 7) is 2.05. The lowest BCUT2D eigenvalue weighted by molar-refractivity contribution is -0.119. The zero-order valence-electron chi connectivity index (χ0n) is 8.78. The number of thiophene rings is 1. The van der Waals surface area contributed by atoms with Crippen LogP contribution in [0.25, 0.3) is 10.1 Å². The molecule has 1 aromatic heterocycles. The van der Waals surface area contributed by atoms with E-state index in [-0.39, 0.29) is 5.91 Å². The number of nitriles is 1. The molecule has 0 bridgehead atoms. The topological polar surface area (TPSA) is 52.9 Å². The number of carbonyl (C=O) groups is 1. The van der Waals surface area contributed by atoms with Crippen LogP contribution in [0.1, 0.15) is 17.4 Å². The molecule has 80 valence electrons. The Bertz CT molecular complexity index is 580. The molecule has 3 nitrogen and oxygen atoms in total. The second-order valence-electron chi connectivity index (χ2n) is 3.49. The summed E-state index contributed by atoms with van der Waals surface area (Å²) in [5.74, 6) is -0.0322. The number of fused-ring (bicyclic) bond motifs is 1. The van der Waals surface area contributed by atoms with E-state index in [1.54, 1.807) is 17.4 Å². The third-order valence-corrected chi connectivity index (χ3v) is 3.32. The van der Waals surface area contributed by atoms with Crippen molar-refractivity contribution in [2.75, 3.05) is 0 Å². The van der Waals surface area contributed by atoms with Crippen LogP contribution in [0.4, 0.5) is 0 Å². The molecular formula is C12H10N2OS. The standard InChI is InChI=1S/C12H10N2OS/c1-8(15)14-7-11-5-10-4-9(6-13)2-3-12(10)16-11/h2-5H,7H2,1H3,(H,14,15). The van der Waals surface area contributed by atoms with Gasteiger partial charge in [-0.2, -0.15) is 5.26 Å². The molecule has 4 heteroatoms. The van der Waals surface area contributed by atoms with Crippen molar-refractivity contribution in [2.45, 2.75) is 13.5 Å². The van der Waals surface area contributed by atoms with Crippen LogP contribution >= 0.6 is 11.3 Å². The van der Waals surface area contributed by atoms with E-state index in [9.17, 15) is 4.79 Å². The van der Waals surface area contributed by atoms with E-state index >= 15 is 0 Å². The molecule has 1 N–H and O–H groups in total. The number of hydrogen-bond acceptors (Lipinski definition) is 3. The van der Waals surface area contributed by atoms with Crippen LogP contribution in [0.2, 0.25) is 0 Å². The smallest absolute Gasteiger partial charge is 0.217 e. The van der Waals surface area contributed by atoms with Gasteiger partial charge in [0.1, 0.15) is 0 Å². The van der Waals surface area contributed by atoms with Crippen LogP contribution in [0.3, 0.4) is 0 Å². The summed E-state index contributed by atoms with van der Waals surface area (Å²) in [5, 5.41) is 12.6. The van der Waals surface area contributed by atoms with Crippen LogP contribution in [0.15, 0.2) is 24.3 Å². The summed E-state index contributed by atoms with van der Waals surface area (Å²) in [4.78, 5) is 11.9. The number of nitrogens with zero attached hydrogens (tertiary/aromatic N) is 1. The van der Waals surface area contributed by atoms with Gasteiger partial charge in [-0.25, -0.2) is 0 Å². The number of nitrogens with one attached hydrogen (secondary N) is 1. The lowest BCUT2D eigenvalue weighted by Crippen LogP contribution is -2.17. The Hall–Kier alpha value is -1.86. The molecule has 0 spiro atoms. The summed E-state index contributed by atoms with van der Waals surface area (Å²) in [6, 6.07) is 9.74. The highest BCUT2D eigenvalue weighted by molar-refractivity contribution is 7.19. The number of benzene rings is 1. The SMILES string of the molecule is CC(=O)NCc1cc2cc(C#N)ccc2s1. The third-order valence-electron chi connectivity index (χ3n) is 2.21. The summed E-state index contributed by atoms with van der Waals surface area (Å²) in [5.41, 5.74) is 0.663. The van der Waals surface area contributed by atoms with E-state index < -0.39 is 0 Å². The fourth-order valence-corrected chi connectivity index (χ4v) is 2.45. The molecule has 0 fully saturated rings. The first-order chi connectivity index (χ1) is 7.69. The fraction of sp³-hybridized carbons (Fsp3) is 0.167. The van der Waals surface area contributed by atoms with E-state index in [0.717, 1.165) is 15.0 Å². The van der Waals surface area contributed by atoms with Gasteiger partial charge < -0.3 is 5.32 Å². The Balaban J connectivity index is 2.30. The van der Waals surface area contributed by atoms with Crippen LogP contribution in [0.5, 0.6) is 0 Å². The van der Waals surface area contributed by atoms with Crippen molar-refractivity contribution in [2.24, 2.45) is 0 Å². The molecule has 0 atom stereocenters. The second-order valence-corrected chi connectivity index (χ2v) is 4.66. The molecule has 1 amide bonds. The molecule has 0 aliphatic rings. The maximum atomic E-state index is 10.8. The Morgan fingerprint density at radius 3 is 3.00 bits per heavy atom. The third kappa shape index (κ3) is 2.20. The molecule has 0 aliphatic heterocycles. The van der Waals surface area contributed by atoms with Gasteiger partial charge in [-0.1, -0.05) is 0 Å². The summed E-state index contributed by atoms with van der Waals surface area (Å²) < 4.78 is 1.14. The molecule has 0 radical (unpaired) electrons. The predicted molar refractivity (Wildman–Crippen MR) is 64.1 cm³/mol. The summed E-state index contributed by atoms with van der Waals surface area (Å²) in [6.07, 6.45) is 0. The quantitative estimate of drug-likeness (QED) is 0.861. The van der Waals surface area contributed by atoms with Gasteiger partial charge in [0.15, 0.2) is 0 Å². The number of amides is 1. The first-order valence-corrected chi connectivity index (χ1v) is 5.67. The van der Waals surface area contributed by atoms with E-state index in [2.05, 4.69) is 11.4 Å². The number of hydrogen-bond donors (Lipinski definition) is 1. The monoisotopic (exact) mass is 230 g/mol. The molecular weight excluding hydrogens is 220 g/mol. The zero-order valence-corrected chi connectivity index (χ0v) is 9.60. The molecule has 0 saturated heterocycles. The van der Waals surface area contributed by atoms with E-state index in [4.69, 9.17) is 5.26 Å². The van der Waals surface area contributed by atoms with Crippen molar-refractivity contribution in [1.82, 2.24) is 5.32 Å². The van der Waals surface area contributed by atoms with Gasteiger partial charge in [-0.3, -0.25) is 4.79 Å². The summed E-state index contributed by atoms with van der Waals surface area (Å²) >= 11 is 1.63. The highest BCUT2D eigenvalue weighted by Crippen LogP contribution is 2.26. The maximum Gasteiger partial charge on any atom is 0.217 e. The highest BCUT2D eigenvalue weighted by Gasteiger charge is 2.03. The van der Waals surface area contributed by atoms with Crippen molar-refractivity contribution in [3.63, 3.8) is 0 Å². The number of rotatable bonds is 2. The lowest BCUT2D eigenvalue weighted by Gasteiger charge is -1.96. The van der Waals surface area contributed by atoms with Gasteiger partial charge in [0.2, 0.25) is 5.91 Å². The van der Waals surface area contributed by atoms with E-state index in [1.165, 1.54) is 6.92 Å². The molecule has 16 heavy (non-hydrogen) atoms. The normalized spacial score (nSPS) is 10.0. The number of carbonyl (C=O) groups excluding carboxylic acids is 1. The van der Waals surface area contributed by atoms with Crippen LogP contribution < -0.4 is 5.32 Å². The predicted octanol–water partition coefficient (Wildman–Crippen LogP) is 2.41. The Labute approximate surface area is 97.3 Å². The van der Waals surface area contributed by atoms with Crippen LogP contribution in [0, 0.1) is 11.3 Å². The molecule has 2 aromatic rings. The van der Waals surface area contributed by atoms with Gasteiger partial charge in [0.05, 0.1) is 18.2 Å². The van der Waals surface area contributed by atoms with Gasteiger partial charge >= 0.3 is 0 Å². The van der Waals surface area contributed by atoms with Gasteiger partial charge in [0, 0.05) is 16.5 Å². The molecule has 0 aliphatic carbocycles. The maximum absolute atomic E-state index is 10.8.